The van der Waals surface area contributed by atoms with Crippen LogP contribution in [-0.2, 0) is 9.47 Å². The number of hydrogen-bond acceptors (Lipinski definition) is 3. The fraction of sp³-hybridized carbons (Fsp3) is 0.308. The fourth-order valence-electron chi connectivity index (χ4n) is 1.24. The molecule has 0 radical (unpaired) electrons. The van der Waals surface area contributed by atoms with Crippen LogP contribution in [0.2, 0.25) is 0 Å². The van der Waals surface area contributed by atoms with Gasteiger partial charge in [0.15, 0.2) is 6.29 Å². The molecule has 1 aromatic carbocycles. The molecule has 0 saturated carbocycles. The molecule has 0 aliphatic carbocycles. The molecule has 3 nitrogen and oxygen atoms in total. The van der Waals surface area contributed by atoms with Crippen LogP contribution in [0.15, 0.2) is 30.8 Å². The maximum Gasteiger partial charge on any atom is 0.340 e. The Labute approximate surface area is 95.7 Å². The van der Waals surface area contributed by atoms with Crippen LogP contribution in [0.4, 0.5) is 0 Å². The number of carbonyl (C=O) groups is 1. The minimum absolute atomic E-state index is 0.378. The summed E-state index contributed by atoms with van der Waals surface area (Å²) >= 11 is 0. The quantitative estimate of drug-likeness (QED) is 0.565. The van der Waals surface area contributed by atoms with Gasteiger partial charge in [0.2, 0.25) is 0 Å². The van der Waals surface area contributed by atoms with Crippen LogP contribution in [0.25, 0.3) is 6.08 Å². The molecule has 16 heavy (non-hydrogen) atoms. The highest BCUT2D eigenvalue weighted by molar-refractivity contribution is 5.89. The van der Waals surface area contributed by atoms with E-state index in [2.05, 4.69) is 6.58 Å². The Morgan fingerprint density at radius 1 is 1.44 bits per heavy atom. The molecule has 0 aromatic heterocycles. The zero-order valence-electron chi connectivity index (χ0n) is 9.60. The predicted octanol–water partition coefficient (Wildman–Crippen LogP) is 2.87. The van der Waals surface area contributed by atoms with Gasteiger partial charge in [0, 0.05) is 6.61 Å². The Kier molecular flexibility index (Phi) is 4.73. The average Bonchev–Trinajstić information content (AvgIpc) is 2.29. The van der Waals surface area contributed by atoms with Crippen molar-refractivity contribution in [2.24, 2.45) is 0 Å². The maximum absolute atomic E-state index is 11.6. The van der Waals surface area contributed by atoms with Crippen molar-refractivity contribution in [3.8, 4) is 0 Å². The standard InChI is InChI=1S/C13H16O3/c1-4-11-6-8-12(9-7-11)13(14)16-10(3)15-5-2/h4,6-10H,1,5H2,2-3H3. The molecule has 1 atom stereocenters. The molecule has 0 aliphatic heterocycles. The van der Waals surface area contributed by atoms with E-state index in [1.54, 1.807) is 25.1 Å². The molecule has 0 N–H and O–H groups in total. The molecular weight excluding hydrogens is 204 g/mol. The molecule has 1 unspecified atom stereocenters. The first kappa shape index (κ1) is 12.5. The first-order valence-electron chi connectivity index (χ1n) is 5.22. The third-order valence-corrected chi connectivity index (χ3v) is 2.06. The van der Waals surface area contributed by atoms with Gasteiger partial charge in [0.25, 0.3) is 0 Å². The van der Waals surface area contributed by atoms with Crippen molar-refractivity contribution >= 4 is 12.0 Å². The highest BCUT2D eigenvalue weighted by Crippen LogP contribution is 2.08. The van der Waals surface area contributed by atoms with Gasteiger partial charge in [-0.25, -0.2) is 4.79 Å². The molecule has 0 spiro atoms. The summed E-state index contributed by atoms with van der Waals surface area (Å²) in [6.07, 6.45) is 1.20. The van der Waals surface area contributed by atoms with Crippen LogP contribution in [0.1, 0.15) is 29.8 Å². The van der Waals surface area contributed by atoms with Crippen LogP contribution in [0, 0.1) is 0 Å². The summed E-state index contributed by atoms with van der Waals surface area (Å²) in [4.78, 5) is 11.6. The van der Waals surface area contributed by atoms with Gasteiger partial charge in [-0.2, -0.15) is 0 Å². The number of esters is 1. The second-order valence-electron chi connectivity index (χ2n) is 3.25. The summed E-state index contributed by atoms with van der Waals surface area (Å²) in [6, 6.07) is 7.04. The van der Waals surface area contributed by atoms with Gasteiger partial charge in [0.1, 0.15) is 0 Å². The minimum atomic E-state index is -0.517. The van der Waals surface area contributed by atoms with Gasteiger partial charge in [-0.05, 0) is 31.5 Å². The minimum Gasteiger partial charge on any atom is -0.432 e. The number of benzene rings is 1. The van der Waals surface area contributed by atoms with Crippen molar-refractivity contribution in [1.29, 1.82) is 0 Å². The van der Waals surface area contributed by atoms with E-state index in [1.165, 1.54) is 0 Å². The van der Waals surface area contributed by atoms with Crippen LogP contribution in [0.5, 0.6) is 0 Å². The molecule has 0 aliphatic rings. The first-order valence-corrected chi connectivity index (χ1v) is 5.22. The Hall–Kier alpha value is -1.61. The number of carbonyl (C=O) groups excluding carboxylic acids is 1. The summed E-state index contributed by atoms with van der Waals surface area (Å²) in [7, 11) is 0. The first-order chi connectivity index (χ1) is 7.67. The van der Waals surface area contributed by atoms with E-state index in [9.17, 15) is 4.79 Å². The van der Waals surface area contributed by atoms with Crippen molar-refractivity contribution in [2.75, 3.05) is 6.61 Å². The van der Waals surface area contributed by atoms with Gasteiger partial charge in [-0.15, -0.1) is 0 Å². The van der Waals surface area contributed by atoms with E-state index in [4.69, 9.17) is 9.47 Å². The van der Waals surface area contributed by atoms with Crippen molar-refractivity contribution in [3.05, 3.63) is 42.0 Å². The predicted molar refractivity (Wildman–Crippen MR) is 63.0 cm³/mol. The van der Waals surface area contributed by atoms with Crippen LogP contribution in [-0.4, -0.2) is 18.9 Å². The normalized spacial score (nSPS) is 11.9. The van der Waals surface area contributed by atoms with Crippen molar-refractivity contribution in [2.45, 2.75) is 20.1 Å². The van der Waals surface area contributed by atoms with E-state index < -0.39 is 6.29 Å². The van der Waals surface area contributed by atoms with Gasteiger partial charge < -0.3 is 9.47 Å². The summed E-state index contributed by atoms with van der Waals surface area (Å²) in [5.74, 6) is -0.378. The molecule has 1 rings (SSSR count). The van der Waals surface area contributed by atoms with E-state index in [0.717, 1.165) is 5.56 Å². The average molecular weight is 220 g/mol. The summed E-state index contributed by atoms with van der Waals surface area (Å²) in [5.41, 5.74) is 1.48. The summed E-state index contributed by atoms with van der Waals surface area (Å²) in [6.45, 7) is 7.70. The van der Waals surface area contributed by atoms with E-state index >= 15 is 0 Å². The SMILES string of the molecule is C=Cc1ccc(C(=O)OC(C)OCC)cc1. The molecule has 1 aromatic rings. The highest BCUT2D eigenvalue weighted by Gasteiger charge is 2.11. The molecule has 86 valence electrons. The van der Waals surface area contributed by atoms with Crippen LogP contribution in [0.3, 0.4) is 0 Å². The molecule has 3 heteroatoms. The van der Waals surface area contributed by atoms with Gasteiger partial charge >= 0.3 is 5.97 Å². The lowest BCUT2D eigenvalue weighted by molar-refractivity contribution is -0.0940. The van der Waals surface area contributed by atoms with Crippen molar-refractivity contribution in [1.82, 2.24) is 0 Å². The molecule has 0 saturated heterocycles. The number of rotatable bonds is 5. The largest absolute Gasteiger partial charge is 0.432 e. The molecular formula is C13H16O3. The monoisotopic (exact) mass is 220 g/mol. The zero-order chi connectivity index (χ0) is 12.0. The summed E-state index contributed by atoms with van der Waals surface area (Å²) < 4.78 is 10.2. The van der Waals surface area contributed by atoms with Crippen molar-refractivity contribution < 1.29 is 14.3 Å². The van der Waals surface area contributed by atoms with Gasteiger partial charge in [0.05, 0.1) is 5.56 Å². The smallest absolute Gasteiger partial charge is 0.340 e. The van der Waals surface area contributed by atoms with Crippen molar-refractivity contribution in [3.63, 3.8) is 0 Å². The Bertz CT molecular complexity index is 354. The van der Waals surface area contributed by atoms with Gasteiger partial charge in [-0.1, -0.05) is 24.8 Å². The zero-order valence-corrected chi connectivity index (χ0v) is 9.60. The highest BCUT2D eigenvalue weighted by atomic mass is 16.7. The maximum atomic E-state index is 11.6. The molecule has 0 fully saturated rings. The lowest BCUT2D eigenvalue weighted by Crippen LogP contribution is -2.18. The van der Waals surface area contributed by atoms with Crippen LogP contribution >= 0.6 is 0 Å². The molecule has 0 bridgehead atoms. The topological polar surface area (TPSA) is 35.5 Å². The van der Waals surface area contributed by atoms with E-state index in [1.807, 2.05) is 19.1 Å². The third kappa shape index (κ3) is 3.51. The lowest BCUT2D eigenvalue weighted by atomic mass is 10.1. The van der Waals surface area contributed by atoms with Crippen LogP contribution < -0.4 is 0 Å². The lowest BCUT2D eigenvalue weighted by Gasteiger charge is -2.12. The Morgan fingerprint density at radius 2 is 2.06 bits per heavy atom. The van der Waals surface area contributed by atoms with E-state index in [-0.39, 0.29) is 5.97 Å². The third-order valence-electron chi connectivity index (χ3n) is 2.06. The van der Waals surface area contributed by atoms with Gasteiger partial charge in [-0.3, -0.25) is 0 Å². The molecule has 0 heterocycles. The number of hydrogen-bond donors (Lipinski definition) is 0. The molecule has 0 amide bonds. The van der Waals surface area contributed by atoms with E-state index in [0.29, 0.717) is 12.2 Å². The fourth-order valence-corrected chi connectivity index (χ4v) is 1.24. The summed E-state index contributed by atoms with van der Waals surface area (Å²) in [5, 5.41) is 0. The Morgan fingerprint density at radius 3 is 2.56 bits per heavy atom. The second kappa shape index (κ2) is 6.08. The second-order valence-corrected chi connectivity index (χ2v) is 3.25. The Balaban J connectivity index is 2.62. The number of ether oxygens (including phenoxy) is 2.